The van der Waals surface area contributed by atoms with E-state index in [1.807, 2.05) is 20.8 Å². The van der Waals surface area contributed by atoms with Crippen LogP contribution in [-0.2, 0) is 0 Å². The number of halogens is 2. The predicted molar refractivity (Wildman–Crippen MR) is 104 cm³/mol. The van der Waals surface area contributed by atoms with Gasteiger partial charge in [0.25, 0.3) is 5.91 Å². The Kier molecular flexibility index (Phi) is 6.70. The van der Waals surface area contributed by atoms with Crippen LogP contribution in [0.1, 0.15) is 31.3 Å². The van der Waals surface area contributed by atoms with Crippen molar-refractivity contribution in [2.45, 2.75) is 26.3 Å². The predicted octanol–water partition coefficient (Wildman–Crippen LogP) is 3.81. The number of rotatable bonds is 3. The Morgan fingerprint density at radius 2 is 1.82 bits per heavy atom. The summed E-state index contributed by atoms with van der Waals surface area (Å²) >= 11 is 0. The summed E-state index contributed by atoms with van der Waals surface area (Å²) in [5.41, 5.74) is 6.47. The van der Waals surface area contributed by atoms with Gasteiger partial charge in [0.2, 0.25) is 0 Å². The molecular weight excluding hydrogens is 364 g/mol. The van der Waals surface area contributed by atoms with Gasteiger partial charge in [-0.3, -0.25) is 14.8 Å². The quantitative estimate of drug-likeness (QED) is 0.715. The summed E-state index contributed by atoms with van der Waals surface area (Å²) in [5.74, 6) is -2.26. The highest BCUT2D eigenvalue weighted by Gasteiger charge is 2.13. The van der Waals surface area contributed by atoms with Gasteiger partial charge in [0, 0.05) is 41.5 Å². The van der Waals surface area contributed by atoms with Gasteiger partial charge < -0.3 is 11.1 Å². The summed E-state index contributed by atoms with van der Waals surface area (Å²) < 4.78 is 27.0. The molecule has 1 aromatic carbocycles. The second kappa shape index (κ2) is 8.98. The molecule has 0 spiro atoms. The first-order valence-electron chi connectivity index (χ1n) is 8.41. The molecule has 2 heterocycles. The average molecular weight is 385 g/mol. The van der Waals surface area contributed by atoms with E-state index in [1.165, 1.54) is 36.9 Å². The monoisotopic (exact) mass is 385 g/mol. The van der Waals surface area contributed by atoms with Gasteiger partial charge in [-0.2, -0.15) is 0 Å². The minimum atomic E-state index is -0.855. The fraction of sp³-hybridized carbons (Fsp3) is 0.200. The first-order chi connectivity index (χ1) is 13.2. The van der Waals surface area contributed by atoms with Crippen molar-refractivity contribution in [3.8, 4) is 11.1 Å². The van der Waals surface area contributed by atoms with Crippen molar-refractivity contribution in [3.63, 3.8) is 0 Å². The van der Waals surface area contributed by atoms with E-state index in [1.54, 1.807) is 12.3 Å². The highest BCUT2D eigenvalue weighted by Crippen LogP contribution is 2.26. The van der Waals surface area contributed by atoms with Gasteiger partial charge in [0.1, 0.15) is 5.69 Å². The highest BCUT2D eigenvalue weighted by molar-refractivity contribution is 5.90. The minimum Gasteiger partial charge on any atom is -0.379 e. The number of amides is 1. The summed E-state index contributed by atoms with van der Waals surface area (Å²) in [6.45, 7) is 6.05. The Labute approximate surface area is 161 Å². The van der Waals surface area contributed by atoms with Crippen LogP contribution in [0, 0.1) is 11.6 Å². The normalized spacial score (nSPS) is 10.6. The van der Waals surface area contributed by atoms with E-state index in [9.17, 15) is 13.6 Å². The van der Waals surface area contributed by atoms with Crippen LogP contribution in [0.15, 0.2) is 55.2 Å². The summed E-state index contributed by atoms with van der Waals surface area (Å²) in [6.07, 6.45) is 7.40. The number of hydrogen-bond donors (Lipinski definition) is 2. The van der Waals surface area contributed by atoms with Gasteiger partial charge in [-0.25, -0.2) is 13.8 Å². The molecule has 28 heavy (non-hydrogen) atoms. The smallest absolute Gasteiger partial charge is 0.268 e. The molecule has 0 atom stereocenters. The largest absolute Gasteiger partial charge is 0.379 e. The molecule has 3 aromatic rings. The van der Waals surface area contributed by atoms with Crippen LogP contribution in [0.25, 0.3) is 11.1 Å². The van der Waals surface area contributed by atoms with E-state index in [-0.39, 0.29) is 16.8 Å². The lowest BCUT2D eigenvalue weighted by molar-refractivity contribution is 0.0995. The van der Waals surface area contributed by atoms with Crippen LogP contribution >= 0.6 is 0 Å². The Morgan fingerprint density at radius 1 is 1.07 bits per heavy atom. The Hall–Kier alpha value is -3.42. The number of nitrogens with two attached hydrogens (primary N) is 1. The third kappa shape index (κ3) is 6.08. The molecular formula is C20H21F2N5O. The number of benzene rings is 1. The molecule has 3 rings (SSSR count). The van der Waals surface area contributed by atoms with Gasteiger partial charge in [-0.05, 0) is 32.9 Å². The first-order valence-corrected chi connectivity index (χ1v) is 8.41. The van der Waals surface area contributed by atoms with E-state index in [0.717, 1.165) is 11.8 Å². The van der Waals surface area contributed by atoms with Crippen molar-refractivity contribution in [2.24, 2.45) is 5.73 Å². The van der Waals surface area contributed by atoms with Gasteiger partial charge in [0.05, 0.1) is 11.9 Å². The molecule has 0 saturated heterocycles. The summed E-state index contributed by atoms with van der Waals surface area (Å²) in [6, 6.07) is 5.88. The second-order valence-corrected chi connectivity index (χ2v) is 6.89. The maximum Gasteiger partial charge on any atom is 0.268 e. The SMILES string of the molecule is CC(C)(C)Nc1cncc(-c2cccc(F)c2F)c1.NC(=O)c1cnccn1. The van der Waals surface area contributed by atoms with E-state index >= 15 is 0 Å². The number of hydrogen-bond acceptors (Lipinski definition) is 5. The molecule has 1 amide bonds. The topological polar surface area (TPSA) is 93.8 Å². The van der Waals surface area contributed by atoms with E-state index < -0.39 is 17.5 Å². The fourth-order valence-corrected chi connectivity index (χ4v) is 2.24. The fourth-order valence-electron chi connectivity index (χ4n) is 2.24. The van der Waals surface area contributed by atoms with Crippen LogP contribution in [0.5, 0.6) is 0 Å². The maximum absolute atomic E-state index is 13.7. The molecule has 0 aliphatic rings. The molecule has 0 bridgehead atoms. The molecule has 6 nitrogen and oxygen atoms in total. The van der Waals surface area contributed by atoms with Crippen molar-refractivity contribution in [2.75, 3.05) is 5.32 Å². The van der Waals surface area contributed by atoms with Gasteiger partial charge in [0.15, 0.2) is 11.6 Å². The second-order valence-electron chi connectivity index (χ2n) is 6.89. The molecule has 0 radical (unpaired) electrons. The van der Waals surface area contributed by atoms with Crippen LogP contribution in [-0.4, -0.2) is 26.4 Å². The van der Waals surface area contributed by atoms with Crippen LogP contribution < -0.4 is 11.1 Å². The molecule has 2 aromatic heterocycles. The molecule has 8 heteroatoms. The lowest BCUT2D eigenvalue weighted by atomic mass is 10.1. The van der Waals surface area contributed by atoms with Crippen molar-refractivity contribution in [1.82, 2.24) is 15.0 Å². The number of aromatic nitrogens is 3. The summed E-state index contributed by atoms with van der Waals surface area (Å²) in [7, 11) is 0. The molecule has 0 saturated carbocycles. The number of primary amides is 1. The van der Waals surface area contributed by atoms with Crippen LogP contribution in [0.3, 0.4) is 0 Å². The minimum absolute atomic E-state index is 0.124. The number of pyridine rings is 1. The molecule has 0 unspecified atom stereocenters. The van der Waals surface area contributed by atoms with E-state index in [2.05, 4.69) is 20.3 Å². The highest BCUT2D eigenvalue weighted by atomic mass is 19.2. The number of anilines is 1. The van der Waals surface area contributed by atoms with Crippen LogP contribution in [0.2, 0.25) is 0 Å². The summed E-state index contributed by atoms with van der Waals surface area (Å²) in [5, 5.41) is 3.25. The van der Waals surface area contributed by atoms with Crippen molar-refractivity contribution in [1.29, 1.82) is 0 Å². The standard InChI is InChI=1S/C15H16F2N2.C5H5N3O/c1-15(2,3)19-11-7-10(8-18-9-11)12-5-4-6-13(16)14(12)17;6-5(9)4-3-7-1-2-8-4/h4-9,19H,1-3H3;1-3H,(H2,6,9). The first kappa shape index (κ1) is 20.9. The van der Waals surface area contributed by atoms with Gasteiger partial charge in [-0.15, -0.1) is 0 Å². The molecule has 3 N–H and O–H groups in total. The summed E-state index contributed by atoms with van der Waals surface area (Å²) in [4.78, 5) is 21.7. The molecule has 0 fully saturated rings. The van der Waals surface area contributed by atoms with Crippen molar-refractivity contribution in [3.05, 3.63) is 72.6 Å². The maximum atomic E-state index is 13.7. The third-order valence-electron chi connectivity index (χ3n) is 3.34. The zero-order chi connectivity index (χ0) is 20.7. The number of nitrogens with one attached hydrogen (secondary N) is 1. The average Bonchev–Trinajstić information content (AvgIpc) is 2.64. The Morgan fingerprint density at radius 3 is 2.39 bits per heavy atom. The molecule has 146 valence electrons. The van der Waals surface area contributed by atoms with Crippen molar-refractivity contribution >= 4 is 11.6 Å². The van der Waals surface area contributed by atoms with Gasteiger partial charge in [-0.1, -0.05) is 12.1 Å². The lowest BCUT2D eigenvalue weighted by Crippen LogP contribution is -2.26. The Bertz CT molecular complexity index is 943. The van der Waals surface area contributed by atoms with E-state index in [0.29, 0.717) is 5.56 Å². The number of carbonyl (C=O) groups excluding carboxylic acids is 1. The van der Waals surface area contributed by atoms with Crippen molar-refractivity contribution < 1.29 is 13.6 Å². The third-order valence-corrected chi connectivity index (χ3v) is 3.34. The lowest BCUT2D eigenvalue weighted by Gasteiger charge is -2.22. The number of carbonyl (C=O) groups is 1. The van der Waals surface area contributed by atoms with Gasteiger partial charge >= 0.3 is 0 Å². The zero-order valence-electron chi connectivity index (χ0n) is 15.8. The molecule has 0 aliphatic heterocycles. The molecule has 0 aliphatic carbocycles. The van der Waals surface area contributed by atoms with Crippen LogP contribution in [0.4, 0.5) is 14.5 Å². The Balaban J connectivity index is 0.000000261. The zero-order valence-corrected chi connectivity index (χ0v) is 15.8. The van der Waals surface area contributed by atoms with E-state index in [4.69, 9.17) is 5.73 Å². The number of nitrogens with zero attached hydrogens (tertiary/aromatic N) is 3.